The van der Waals surface area contributed by atoms with E-state index < -0.39 is 29.5 Å². The Morgan fingerprint density at radius 3 is 1.87 bits per heavy atom. The number of carboxylic acids is 1. The quantitative estimate of drug-likeness (QED) is 0.0374. The number of aromatic nitrogens is 6. The summed E-state index contributed by atoms with van der Waals surface area (Å²) >= 11 is 0. The maximum Gasteiger partial charge on any atom is 0.326 e. The fraction of sp³-hybridized carbons (Fsp3) is 0.483. The van der Waals surface area contributed by atoms with Crippen LogP contribution < -0.4 is 16.0 Å². The molecule has 1 aliphatic heterocycles. The van der Waals surface area contributed by atoms with Crippen LogP contribution >= 0.6 is 0 Å². The molecule has 4 amide bonds. The molecule has 79 heavy (non-hydrogen) atoms. The van der Waals surface area contributed by atoms with E-state index in [1.54, 1.807) is 71.9 Å². The zero-order valence-electron chi connectivity index (χ0n) is 47.2. The van der Waals surface area contributed by atoms with Gasteiger partial charge in [-0.25, -0.2) is 14.8 Å². The molecule has 0 spiro atoms. The van der Waals surface area contributed by atoms with Gasteiger partial charge in [0.15, 0.2) is 0 Å². The number of aromatic amines is 1. The molecule has 7 rings (SSSR count). The number of carbonyl (C=O) groups excluding carboxylic acids is 5. The summed E-state index contributed by atoms with van der Waals surface area (Å²) in [6, 6.07) is 17.0. The van der Waals surface area contributed by atoms with Gasteiger partial charge in [-0.2, -0.15) is 10.2 Å². The van der Waals surface area contributed by atoms with Gasteiger partial charge in [0, 0.05) is 47.5 Å². The van der Waals surface area contributed by atoms with Gasteiger partial charge in [0.1, 0.15) is 23.0 Å². The first-order valence-electron chi connectivity index (χ1n) is 27.2. The molecule has 5 N–H and O–H groups in total. The highest BCUT2D eigenvalue weighted by molar-refractivity contribution is 5.96. The van der Waals surface area contributed by atoms with Gasteiger partial charge < -0.3 is 44.3 Å². The number of aliphatic carboxylic acids is 1. The number of rotatable bonds is 23. The second-order valence-corrected chi connectivity index (χ2v) is 20.8. The van der Waals surface area contributed by atoms with E-state index in [4.69, 9.17) is 18.3 Å². The van der Waals surface area contributed by atoms with Crippen molar-refractivity contribution in [2.75, 3.05) is 13.2 Å². The molecule has 21 nitrogen and oxygen atoms in total. The van der Waals surface area contributed by atoms with Gasteiger partial charge in [0.25, 0.3) is 23.6 Å². The Morgan fingerprint density at radius 2 is 1.33 bits per heavy atom. The molecular weight excluding hydrogens is 1010 g/mol. The van der Waals surface area contributed by atoms with Crippen molar-refractivity contribution < 1.29 is 52.2 Å². The van der Waals surface area contributed by atoms with Gasteiger partial charge in [-0.1, -0.05) is 65.8 Å². The summed E-state index contributed by atoms with van der Waals surface area (Å²) in [5, 5.41) is 30.4. The SMILES string of the molecule is CCC(CC)NC(=O)c1cc(-c2cccc(-c3ncc(C(=O)N(CC)[C@H](C(=O)O)C(C)C)o3)c2)nn1CCC(=O)OC(C)(C)C.CCC(CC)NC(=O)c1cnc(-c2cccc(-c3cc(C(=O)N[C@@H](C)[C@H]4CCCO4)[nH]n3)c2)o1. The number of carboxylic acid groups (broad SMARTS) is 1. The van der Waals surface area contributed by atoms with E-state index >= 15 is 0 Å². The maximum absolute atomic E-state index is 13.3. The second-order valence-electron chi connectivity index (χ2n) is 20.8. The summed E-state index contributed by atoms with van der Waals surface area (Å²) in [4.78, 5) is 85.7. The second kappa shape index (κ2) is 27.6. The van der Waals surface area contributed by atoms with E-state index in [0.29, 0.717) is 45.4 Å². The molecular formula is C58H76N10O11. The molecule has 2 aromatic carbocycles. The lowest BCUT2D eigenvalue weighted by Crippen LogP contribution is -2.47. The van der Waals surface area contributed by atoms with E-state index in [1.807, 2.05) is 65.0 Å². The Morgan fingerprint density at radius 1 is 0.759 bits per heavy atom. The molecule has 0 bridgehead atoms. The third kappa shape index (κ3) is 16.1. The van der Waals surface area contributed by atoms with Crippen molar-refractivity contribution in [2.45, 2.75) is 164 Å². The molecule has 4 aromatic heterocycles. The van der Waals surface area contributed by atoms with Crippen LogP contribution in [0.3, 0.4) is 0 Å². The largest absolute Gasteiger partial charge is 0.480 e. The lowest BCUT2D eigenvalue weighted by Gasteiger charge is -2.29. The Hall–Kier alpha value is -7.94. The molecule has 21 heteroatoms. The molecule has 424 valence electrons. The lowest BCUT2D eigenvalue weighted by molar-refractivity contribution is -0.155. The minimum atomic E-state index is -1.09. The molecule has 3 atom stereocenters. The third-order valence-corrected chi connectivity index (χ3v) is 13.4. The molecule has 0 radical (unpaired) electrons. The summed E-state index contributed by atoms with van der Waals surface area (Å²) in [5.74, 6) is -2.54. The van der Waals surface area contributed by atoms with Crippen LogP contribution in [0.2, 0.25) is 0 Å². The van der Waals surface area contributed by atoms with Gasteiger partial charge in [0.2, 0.25) is 23.3 Å². The highest BCUT2D eigenvalue weighted by Gasteiger charge is 2.34. The van der Waals surface area contributed by atoms with E-state index in [2.05, 4.69) is 41.2 Å². The number of hydrogen-bond donors (Lipinski definition) is 5. The predicted octanol–water partition coefficient (Wildman–Crippen LogP) is 9.37. The van der Waals surface area contributed by atoms with Gasteiger partial charge in [0.05, 0.1) is 48.9 Å². The number of ether oxygens (including phenoxy) is 2. The minimum absolute atomic E-state index is 0.00429. The van der Waals surface area contributed by atoms with Crippen molar-refractivity contribution in [3.63, 3.8) is 0 Å². The van der Waals surface area contributed by atoms with Gasteiger partial charge in [-0.05, 0) is 115 Å². The topological polar surface area (TPSA) is 279 Å². The number of amides is 4. The van der Waals surface area contributed by atoms with Gasteiger partial charge in [-0.3, -0.25) is 33.8 Å². The Kier molecular flexibility index (Phi) is 21.1. The van der Waals surface area contributed by atoms with Crippen molar-refractivity contribution in [1.29, 1.82) is 0 Å². The molecule has 6 aromatic rings. The Labute approximate surface area is 461 Å². The molecule has 0 unspecified atom stereocenters. The average Bonchev–Trinajstić information content (AvgIpc) is 4.32. The van der Waals surface area contributed by atoms with Crippen LogP contribution in [0.4, 0.5) is 0 Å². The van der Waals surface area contributed by atoms with Crippen LogP contribution in [0, 0.1) is 5.92 Å². The van der Waals surface area contributed by atoms with Crippen molar-refractivity contribution in [3.05, 3.63) is 96.0 Å². The van der Waals surface area contributed by atoms with Gasteiger partial charge >= 0.3 is 11.9 Å². The molecule has 0 aliphatic carbocycles. The Bertz CT molecular complexity index is 3020. The van der Waals surface area contributed by atoms with E-state index in [1.165, 1.54) is 22.0 Å². The first kappa shape index (κ1) is 60.3. The van der Waals surface area contributed by atoms with Crippen LogP contribution in [0.15, 0.2) is 81.9 Å². The zero-order valence-corrected chi connectivity index (χ0v) is 47.2. The maximum atomic E-state index is 13.3. The average molecular weight is 1090 g/mol. The highest BCUT2D eigenvalue weighted by atomic mass is 16.6. The van der Waals surface area contributed by atoms with E-state index in [-0.39, 0.29) is 84.8 Å². The summed E-state index contributed by atoms with van der Waals surface area (Å²) in [7, 11) is 0. The summed E-state index contributed by atoms with van der Waals surface area (Å²) < 4.78 is 24.1. The summed E-state index contributed by atoms with van der Waals surface area (Å²) in [6.45, 7) is 21.7. The number of aryl methyl sites for hydroxylation is 1. The number of likely N-dealkylation sites (N-methyl/N-ethyl adjacent to an activating group) is 1. The smallest absolute Gasteiger partial charge is 0.326 e. The highest BCUT2D eigenvalue weighted by Crippen LogP contribution is 2.29. The monoisotopic (exact) mass is 1090 g/mol. The van der Waals surface area contributed by atoms with Crippen LogP contribution in [0.5, 0.6) is 0 Å². The zero-order chi connectivity index (χ0) is 57.6. The first-order chi connectivity index (χ1) is 37.7. The molecule has 1 fully saturated rings. The van der Waals surface area contributed by atoms with Crippen LogP contribution in [-0.2, 0) is 25.6 Å². The fourth-order valence-electron chi connectivity index (χ4n) is 8.99. The van der Waals surface area contributed by atoms with Crippen molar-refractivity contribution in [3.8, 4) is 45.4 Å². The number of benzene rings is 2. The number of H-pyrrole nitrogens is 1. The van der Waals surface area contributed by atoms with Crippen LogP contribution in [-0.4, -0.2) is 125 Å². The Balaban J connectivity index is 0.000000265. The van der Waals surface area contributed by atoms with E-state index in [9.17, 15) is 33.9 Å². The molecule has 5 heterocycles. The minimum Gasteiger partial charge on any atom is -0.480 e. The number of nitrogens with one attached hydrogen (secondary N) is 4. The predicted molar refractivity (Wildman–Crippen MR) is 296 cm³/mol. The van der Waals surface area contributed by atoms with Gasteiger partial charge in [-0.15, -0.1) is 0 Å². The standard InChI is InChI=1S/C33H45N5O7.C25H31N5O4/c1-9-23(10-2)35-29(40)25-18-24(36-38(25)16-15-27(39)45-33(6,7)8)21-13-12-14-22(17-21)30-34-19-26(44-30)31(41)37(11-3)28(20(4)5)32(42)43;1-4-18(5-2)28-24(32)22-14-26-25(34-22)17-9-6-8-16(12-17)19-13-20(30-29-19)23(31)27-15(3)21-10-7-11-33-21/h12-14,17-20,23,28H,9-11,15-16H2,1-8H3,(H,35,40)(H,42,43);6,8-9,12-15,18,21H,4-5,7,10-11H2,1-3H3,(H,27,31)(H,28,32)(H,29,30)/t28-;15-,21+/m00/s1. The number of hydrogen-bond acceptors (Lipinski definition) is 14. The fourth-order valence-corrected chi connectivity index (χ4v) is 8.99. The normalized spacial score (nSPS) is 14.1. The number of esters is 1. The van der Waals surface area contributed by atoms with Crippen LogP contribution in [0.1, 0.15) is 163 Å². The summed E-state index contributed by atoms with van der Waals surface area (Å²) in [5.41, 5.74) is 3.89. The number of oxazole rings is 2. The molecule has 1 aliphatic rings. The van der Waals surface area contributed by atoms with Crippen molar-refractivity contribution >= 4 is 35.6 Å². The van der Waals surface area contributed by atoms with Crippen LogP contribution in [0.25, 0.3) is 45.4 Å². The number of carbonyl (C=O) groups is 6. The van der Waals surface area contributed by atoms with Crippen molar-refractivity contribution in [2.24, 2.45) is 5.92 Å². The van der Waals surface area contributed by atoms with E-state index in [0.717, 1.165) is 50.7 Å². The third-order valence-electron chi connectivity index (χ3n) is 13.4. The van der Waals surface area contributed by atoms with Crippen molar-refractivity contribution in [1.82, 2.24) is 50.8 Å². The number of nitrogens with zero attached hydrogens (tertiary/aromatic N) is 6. The molecule has 0 saturated carbocycles. The lowest BCUT2D eigenvalue weighted by atomic mass is 10.0. The molecule has 1 saturated heterocycles. The summed E-state index contributed by atoms with van der Waals surface area (Å²) in [6.07, 6.45) is 8.02. The first-order valence-corrected chi connectivity index (χ1v) is 27.2.